The third-order valence-corrected chi connectivity index (χ3v) is 2.32. The van der Waals surface area contributed by atoms with Crippen LogP contribution in [0.2, 0.25) is 0 Å². The first kappa shape index (κ1) is 10.8. The summed E-state index contributed by atoms with van der Waals surface area (Å²) in [6.07, 6.45) is 2.43. The minimum Gasteiger partial charge on any atom is -0.394 e. The number of aliphatic hydroxyl groups is 2. The average molecular weight is 224 g/mol. The predicted molar refractivity (Wildman–Crippen MR) is 55.9 cm³/mol. The fourth-order valence-electron chi connectivity index (χ4n) is 1.43. The number of aromatic amines is 1. The number of fused-ring (bicyclic) bond motifs is 1. The zero-order chi connectivity index (χ0) is 11.5. The van der Waals surface area contributed by atoms with E-state index in [0.29, 0.717) is 18.6 Å². The van der Waals surface area contributed by atoms with Crippen molar-refractivity contribution in [1.82, 2.24) is 19.5 Å². The predicted octanol–water partition coefficient (Wildman–Crippen LogP) is -1.14. The van der Waals surface area contributed by atoms with Gasteiger partial charge in [-0.1, -0.05) is 0 Å². The zero-order valence-corrected chi connectivity index (χ0v) is 8.50. The Hall–Kier alpha value is -1.73. The largest absolute Gasteiger partial charge is 0.394 e. The van der Waals surface area contributed by atoms with Gasteiger partial charge in [0.15, 0.2) is 11.2 Å². The van der Waals surface area contributed by atoms with Gasteiger partial charge in [0.2, 0.25) is 0 Å². The first-order valence-corrected chi connectivity index (χ1v) is 4.90. The molecule has 0 fully saturated rings. The van der Waals surface area contributed by atoms with Crippen molar-refractivity contribution in [2.75, 3.05) is 6.61 Å². The van der Waals surface area contributed by atoms with Crippen LogP contribution in [0, 0.1) is 0 Å². The number of hydrogen-bond donors (Lipinski definition) is 3. The Morgan fingerprint density at radius 2 is 2.31 bits per heavy atom. The van der Waals surface area contributed by atoms with E-state index in [1.807, 2.05) is 0 Å². The molecular formula is C9H12N4O3. The molecule has 1 atom stereocenters. The van der Waals surface area contributed by atoms with Crippen LogP contribution in [0.25, 0.3) is 11.2 Å². The highest BCUT2D eigenvalue weighted by Gasteiger charge is 2.08. The van der Waals surface area contributed by atoms with E-state index < -0.39 is 6.10 Å². The summed E-state index contributed by atoms with van der Waals surface area (Å²) in [5, 5.41) is 17.9. The van der Waals surface area contributed by atoms with E-state index in [0.717, 1.165) is 0 Å². The molecule has 0 saturated heterocycles. The lowest BCUT2D eigenvalue weighted by Crippen LogP contribution is -2.15. The summed E-state index contributed by atoms with van der Waals surface area (Å²) in [5.41, 5.74) is 0.473. The molecule has 0 saturated carbocycles. The highest BCUT2D eigenvalue weighted by atomic mass is 16.3. The summed E-state index contributed by atoms with van der Waals surface area (Å²) in [6, 6.07) is 0. The molecule has 86 valence electrons. The maximum absolute atomic E-state index is 11.3. The number of hydrogen-bond acceptors (Lipinski definition) is 5. The molecular weight excluding hydrogens is 212 g/mol. The van der Waals surface area contributed by atoms with E-state index in [4.69, 9.17) is 5.11 Å². The van der Waals surface area contributed by atoms with Gasteiger partial charge in [0.25, 0.3) is 5.56 Å². The van der Waals surface area contributed by atoms with Crippen LogP contribution < -0.4 is 5.56 Å². The lowest BCUT2D eigenvalue weighted by molar-refractivity contribution is 0.0848. The van der Waals surface area contributed by atoms with Gasteiger partial charge in [-0.15, -0.1) is 0 Å². The third-order valence-electron chi connectivity index (χ3n) is 2.32. The Labute approximate surface area is 90.4 Å². The molecule has 2 heterocycles. The molecule has 0 aromatic carbocycles. The van der Waals surface area contributed by atoms with Crippen LogP contribution in [0.1, 0.15) is 6.42 Å². The number of rotatable bonds is 4. The van der Waals surface area contributed by atoms with Crippen molar-refractivity contribution in [3.63, 3.8) is 0 Å². The van der Waals surface area contributed by atoms with E-state index in [2.05, 4.69) is 15.0 Å². The SMILES string of the molecule is O=c1[nH]cnc2c1ncn2CCC(O)CO. The van der Waals surface area contributed by atoms with Gasteiger partial charge in [-0.2, -0.15) is 0 Å². The number of nitrogens with zero attached hydrogens (tertiary/aromatic N) is 3. The van der Waals surface area contributed by atoms with E-state index in [1.54, 1.807) is 4.57 Å². The van der Waals surface area contributed by atoms with Crippen LogP contribution in [0.5, 0.6) is 0 Å². The second-order valence-electron chi connectivity index (χ2n) is 3.47. The lowest BCUT2D eigenvalue weighted by Gasteiger charge is -2.07. The molecule has 0 bridgehead atoms. The van der Waals surface area contributed by atoms with E-state index in [9.17, 15) is 9.90 Å². The van der Waals surface area contributed by atoms with Crippen molar-refractivity contribution in [1.29, 1.82) is 0 Å². The molecule has 0 aliphatic carbocycles. The minimum atomic E-state index is -0.764. The van der Waals surface area contributed by atoms with Crippen molar-refractivity contribution in [3.05, 3.63) is 23.0 Å². The Kier molecular flexibility index (Phi) is 2.97. The fourth-order valence-corrected chi connectivity index (χ4v) is 1.43. The van der Waals surface area contributed by atoms with Gasteiger partial charge < -0.3 is 19.8 Å². The number of imidazole rings is 1. The summed E-state index contributed by atoms with van der Waals surface area (Å²) in [4.78, 5) is 21.7. The number of H-pyrrole nitrogens is 1. The number of nitrogens with one attached hydrogen (secondary N) is 1. The van der Waals surface area contributed by atoms with Crippen LogP contribution in [0.3, 0.4) is 0 Å². The topological polar surface area (TPSA) is 104 Å². The quantitative estimate of drug-likeness (QED) is 0.609. The molecule has 0 aliphatic rings. The summed E-state index contributed by atoms with van der Waals surface area (Å²) in [6.45, 7) is 0.176. The van der Waals surface area contributed by atoms with Crippen molar-refractivity contribution >= 4 is 11.2 Å². The first-order valence-electron chi connectivity index (χ1n) is 4.90. The third kappa shape index (κ3) is 1.95. The highest BCUT2D eigenvalue weighted by Crippen LogP contribution is 2.05. The van der Waals surface area contributed by atoms with Gasteiger partial charge in [-0.3, -0.25) is 4.79 Å². The molecule has 0 radical (unpaired) electrons. The summed E-state index contributed by atoms with van der Waals surface area (Å²) in [7, 11) is 0. The lowest BCUT2D eigenvalue weighted by atomic mass is 10.3. The first-order chi connectivity index (χ1) is 7.72. The molecule has 1 unspecified atom stereocenters. The van der Waals surface area contributed by atoms with E-state index in [-0.39, 0.29) is 17.7 Å². The van der Waals surface area contributed by atoms with Gasteiger partial charge in [-0.05, 0) is 6.42 Å². The Balaban J connectivity index is 2.26. The summed E-state index contributed by atoms with van der Waals surface area (Å²) >= 11 is 0. The second kappa shape index (κ2) is 4.42. The van der Waals surface area contributed by atoms with Crippen LogP contribution >= 0.6 is 0 Å². The normalized spacial score (nSPS) is 13.1. The van der Waals surface area contributed by atoms with Crippen molar-refractivity contribution < 1.29 is 10.2 Å². The van der Waals surface area contributed by atoms with E-state index in [1.165, 1.54) is 12.7 Å². The van der Waals surface area contributed by atoms with Crippen LogP contribution in [-0.2, 0) is 6.54 Å². The zero-order valence-electron chi connectivity index (χ0n) is 8.50. The van der Waals surface area contributed by atoms with Crippen LogP contribution in [0.4, 0.5) is 0 Å². The molecule has 7 nitrogen and oxygen atoms in total. The molecule has 2 rings (SSSR count). The van der Waals surface area contributed by atoms with Gasteiger partial charge in [0.05, 0.1) is 25.4 Å². The number of aromatic nitrogens is 4. The standard InChI is InChI=1S/C9H12N4O3/c14-3-6(15)1-2-13-5-12-7-8(13)10-4-11-9(7)16/h4-6,14-15H,1-3H2,(H,10,11,16). The van der Waals surface area contributed by atoms with Crippen LogP contribution in [0.15, 0.2) is 17.4 Å². The molecule has 0 amide bonds. The van der Waals surface area contributed by atoms with E-state index >= 15 is 0 Å². The van der Waals surface area contributed by atoms with Crippen molar-refractivity contribution in [2.24, 2.45) is 0 Å². The second-order valence-corrected chi connectivity index (χ2v) is 3.47. The Morgan fingerprint density at radius 3 is 3.06 bits per heavy atom. The van der Waals surface area contributed by atoms with Gasteiger partial charge in [0, 0.05) is 6.54 Å². The van der Waals surface area contributed by atoms with Gasteiger partial charge in [-0.25, -0.2) is 9.97 Å². The average Bonchev–Trinajstić information content (AvgIpc) is 2.70. The minimum absolute atomic E-state index is 0.277. The maximum Gasteiger partial charge on any atom is 0.278 e. The van der Waals surface area contributed by atoms with Crippen molar-refractivity contribution in [2.45, 2.75) is 19.1 Å². The molecule has 2 aromatic heterocycles. The molecule has 0 aliphatic heterocycles. The summed E-state index contributed by atoms with van der Waals surface area (Å²) < 4.78 is 1.67. The maximum atomic E-state index is 11.3. The number of aryl methyl sites for hydroxylation is 1. The monoisotopic (exact) mass is 224 g/mol. The Morgan fingerprint density at radius 1 is 1.50 bits per heavy atom. The Bertz CT molecular complexity index is 533. The molecule has 16 heavy (non-hydrogen) atoms. The molecule has 0 spiro atoms. The van der Waals surface area contributed by atoms with Gasteiger partial charge in [0.1, 0.15) is 0 Å². The molecule has 7 heteroatoms. The molecule has 3 N–H and O–H groups in total. The van der Waals surface area contributed by atoms with Crippen molar-refractivity contribution in [3.8, 4) is 0 Å². The van der Waals surface area contributed by atoms with Gasteiger partial charge >= 0.3 is 0 Å². The fraction of sp³-hybridized carbons (Fsp3) is 0.444. The van der Waals surface area contributed by atoms with Crippen LogP contribution in [-0.4, -0.2) is 42.4 Å². The highest BCUT2D eigenvalue weighted by molar-refractivity contribution is 5.68. The smallest absolute Gasteiger partial charge is 0.278 e. The summed E-state index contributed by atoms with van der Waals surface area (Å²) in [5.74, 6) is 0. The molecule has 2 aromatic rings. The number of aliphatic hydroxyl groups excluding tert-OH is 2.